The van der Waals surface area contributed by atoms with Crippen molar-refractivity contribution in [1.82, 2.24) is 10.2 Å². The maximum atomic E-state index is 13.1. The molecule has 2 amide bonds. The van der Waals surface area contributed by atoms with Crippen LogP contribution in [0.25, 0.3) is 0 Å². The van der Waals surface area contributed by atoms with E-state index in [0.717, 1.165) is 22.0 Å². The van der Waals surface area contributed by atoms with Gasteiger partial charge >= 0.3 is 0 Å². The van der Waals surface area contributed by atoms with Crippen LogP contribution in [0.5, 0.6) is 5.75 Å². The summed E-state index contributed by atoms with van der Waals surface area (Å²) in [5.74, 6) is 0.102. The third kappa shape index (κ3) is 6.74. The van der Waals surface area contributed by atoms with Gasteiger partial charge in [-0.25, -0.2) is 0 Å². The number of nitrogens with zero attached hydrogens (tertiary/aromatic N) is 1. The molecule has 0 aliphatic rings. The number of carbonyl (C=O) groups is 2. The fraction of sp³-hybridized carbons (Fsp3) is 0.391. The zero-order chi connectivity index (χ0) is 22.3. The van der Waals surface area contributed by atoms with E-state index in [9.17, 15) is 9.59 Å². The van der Waals surface area contributed by atoms with Gasteiger partial charge < -0.3 is 15.0 Å². The van der Waals surface area contributed by atoms with Gasteiger partial charge in [-0.15, -0.1) is 0 Å². The van der Waals surface area contributed by atoms with Crippen LogP contribution in [-0.2, 0) is 16.1 Å². The predicted octanol–water partition coefficient (Wildman–Crippen LogP) is 5.12. The van der Waals surface area contributed by atoms with Gasteiger partial charge in [0.1, 0.15) is 11.8 Å². The zero-order valence-corrected chi connectivity index (χ0v) is 20.1. The number of nitrogens with one attached hydrogen (secondary N) is 1. The molecule has 0 radical (unpaired) electrons. The summed E-state index contributed by atoms with van der Waals surface area (Å²) >= 11 is 9.74. The lowest BCUT2D eigenvalue weighted by atomic mass is 10.1. The number of benzene rings is 2. The lowest BCUT2D eigenvalue weighted by Gasteiger charge is -2.30. The normalized spacial score (nSPS) is 12.7. The van der Waals surface area contributed by atoms with Gasteiger partial charge in [-0.05, 0) is 62.6 Å². The minimum absolute atomic E-state index is 0.0270. The average Bonchev–Trinajstić information content (AvgIpc) is 2.73. The van der Waals surface area contributed by atoms with Gasteiger partial charge in [0.15, 0.2) is 6.61 Å². The molecule has 2 atom stereocenters. The second-order valence-electron chi connectivity index (χ2n) is 7.31. The summed E-state index contributed by atoms with van der Waals surface area (Å²) in [4.78, 5) is 27.3. The van der Waals surface area contributed by atoms with E-state index in [1.165, 1.54) is 4.90 Å². The number of hydrogen-bond donors (Lipinski definition) is 1. The summed E-state index contributed by atoms with van der Waals surface area (Å²) in [6.45, 7) is 7.64. The van der Waals surface area contributed by atoms with Crippen molar-refractivity contribution in [2.24, 2.45) is 0 Å². The molecule has 0 saturated carbocycles. The van der Waals surface area contributed by atoms with E-state index in [-0.39, 0.29) is 31.0 Å². The lowest BCUT2D eigenvalue weighted by Crippen LogP contribution is -2.50. The predicted molar refractivity (Wildman–Crippen MR) is 124 cm³/mol. The van der Waals surface area contributed by atoms with Gasteiger partial charge in [-0.3, -0.25) is 9.59 Å². The molecule has 0 spiro atoms. The monoisotopic (exact) mass is 494 g/mol. The summed E-state index contributed by atoms with van der Waals surface area (Å²) in [7, 11) is 0. The van der Waals surface area contributed by atoms with Crippen molar-refractivity contribution < 1.29 is 14.3 Å². The van der Waals surface area contributed by atoms with Gasteiger partial charge in [0.2, 0.25) is 5.91 Å². The van der Waals surface area contributed by atoms with E-state index in [0.29, 0.717) is 10.8 Å². The largest absolute Gasteiger partial charge is 0.484 e. The molecule has 0 unspecified atom stereocenters. The Morgan fingerprint density at radius 1 is 1.20 bits per heavy atom. The molecule has 2 aromatic rings. The summed E-state index contributed by atoms with van der Waals surface area (Å²) in [5.41, 5.74) is 1.78. The first-order valence-corrected chi connectivity index (χ1v) is 11.1. The molecule has 0 fully saturated rings. The Labute approximate surface area is 191 Å². The minimum atomic E-state index is -0.668. The highest BCUT2D eigenvalue weighted by Gasteiger charge is 2.27. The average molecular weight is 496 g/mol. The fourth-order valence-corrected chi connectivity index (χ4v) is 3.24. The molecule has 5 nitrogen and oxygen atoms in total. The molecule has 0 saturated heterocycles. The summed E-state index contributed by atoms with van der Waals surface area (Å²) in [6, 6.07) is 12.2. The number of halogens is 2. The SMILES string of the molecule is CC[C@@H](C)NC(=O)[C@H](C)N(Cc1ccccc1Cl)C(=O)COc1ccc(Br)c(C)c1. The maximum absolute atomic E-state index is 13.1. The highest BCUT2D eigenvalue weighted by atomic mass is 79.9. The molecule has 2 rings (SSSR count). The van der Waals surface area contributed by atoms with Crippen LogP contribution in [0, 0.1) is 6.92 Å². The van der Waals surface area contributed by atoms with Crippen LogP contribution in [0.3, 0.4) is 0 Å². The van der Waals surface area contributed by atoms with Crippen molar-refractivity contribution >= 4 is 39.3 Å². The van der Waals surface area contributed by atoms with E-state index in [2.05, 4.69) is 21.2 Å². The van der Waals surface area contributed by atoms with Crippen LogP contribution in [0.15, 0.2) is 46.9 Å². The van der Waals surface area contributed by atoms with Crippen LogP contribution in [0.2, 0.25) is 5.02 Å². The molecular weight excluding hydrogens is 468 g/mol. The van der Waals surface area contributed by atoms with Crippen molar-refractivity contribution in [2.45, 2.75) is 52.7 Å². The first-order valence-electron chi connectivity index (χ1n) is 9.95. The summed E-state index contributed by atoms with van der Waals surface area (Å²) in [6.07, 6.45) is 0.808. The van der Waals surface area contributed by atoms with Gasteiger partial charge in [-0.2, -0.15) is 0 Å². The van der Waals surface area contributed by atoms with Crippen LogP contribution in [-0.4, -0.2) is 35.4 Å². The zero-order valence-electron chi connectivity index (χ0n) is 17.7. The van der Waals surface area contributed by atoms with Crippen molar-refractivity contribution in [3.8, 4) is 5.75 Å². The third-order valence-corrected chi connectivity index (χ3v) is 6.22. The summed E-state index contributed by atoms with van der Waals surface area (Å²) in [5, 5.41) is 3.49. The standard InChI is InChI=1S/C23H28BrClN2O3/c1-5-16(3)26-23(29)17(4)27(13-18-8-6-7-9-21(18)25)22(28)14-30-19-10-11-20(24)15(2)12-19/h6-12,16-17H,5,13-14H2,1-4H3,(H,26,29)/t16-,17+/m1/s1. The van der Waals surface area contributed by atoms with E-state index >= 15 is 0 Å². The van der Waals surface area contributed by atoms with E-state index in [1.807, 2.05) is 51.1 Å². The molecule has 1 N–H and O–H groups in total. The molecule has 2 aromatic carbocycles. The van der Waals surface area contributed by atoms with Gasteiger partial charge in [0, 0.05) is 22.1 Å². The van der Waals surface area contributed by atoms with Crippen LogP contribution in [0.1, 0.15) is 38.3 Å². The van der Waals surface area contributed by atoms with Gasteiger partial charge in [0.25, 0.3) is 5.91 Å². The molecule has 0 heterocycles. The number of amides is 2. The number of hydrogen-bond acceptors (Lipinski definition) is 3. The highest BCUT2D eigenvalue weighted by molar-refractivity contribution is 9.10. The molecule has 7 heteroatoms. The van der Waals surface area contributed by atoms with E-state index in [4.69, 9.17) is 16.3 Å². The lowest BCUT2D eigenvalue weighted by molar-refractivity contribution is -0.142. The number of aryl methyl sites for hydroxylation is 1. The molecule has 162 valence electrons. The molecular formula is C23H28BrClN2O3. The smallest absolute Gasteiger partial charge is 0.261 e. The van der Waals surface area contributed by atoms with E-state index in [1.54, 1.807) is 19.1 Å². The Bertz CT molecular complexity index is 891. The minimum Gasteiger partial charge on any atom is -0.484 e. The van der Waals surface area contributed by atoms with Crippen molar-refractivity contribution in [3.05, 3.63) is 63.1 Å². The molecule has 0 bridgehead atoms. The first kappa shape index (κ1) is 24.2. The fourth-order valence-electron chi connectivity index (χ4n) is 2.79. The summed E-state index contributed by atoms with van der Waals surface area (Å²) < 4.78 is 6.68. The van der Waals surface area contributed by atoms with Gasteiger partial charge in [-0.1, -0.05) is 52.7 Å². The Balaban J connectivity index is 2.18. The van der Waals surface area contributed by atoms with Crippen molar-refractivity contribution in [1.29, 1.82) is 0 Å². The molecule has 30 heavy (non-hydrogen) atoms. The molecule has 0 aliphatic carbocycles. The van der Waals surface area contributed by atoms with Crippen LogP contribution in [0.4, 0.5) is 0 Å². The molecule has 0 aromatic heterocycles. The number of ether oxygens (including phenoxy) is 1. The van der Waals surface area contributed by atoms with Crippen LogP contribution < -0.4 is 10.1 Å². The second-order valence-corrected chi connectivity index (χ2v) is 8.57. The van der Waals surface area contributed by atoms with E-state index < -0.39 is 6.04 Å². The first-order chi connectivity index (χ1) is 14.2. The Morgan fingerprint density at radius 3 is 2.53 bits per heavy atom. The second kappa shape index (κ2) is 11.4. The third-order valence-electron chi connectivity index (χ3n) is 4.96. The van der Waals surface area contributed by atoms with Crippen molar-refractivity contribution in [2.75, 3.05) is 6.61 Å². The quantitative estimate of drug-likeness (QED) is 0.525. The topological polar surface area (TPSA) is 58.6 Å². The van der Waals surface area contributed by atoms with Gasteiger partial charge in [0.05, 0.1) is 0 Å². The maximum Gasteiger partial charge on any atom is 0.261 e. The Morgan fingerprint density at radius 2 is 1.90 bits per heavy atom. The number of carbonyl (C=O) groups excluding carboxylic acids is 2. The number of rotatable bonds is 9. The van der Waals surface area contributed by atoms with Crippen LogP contribution >= 0.6 is 27.5 Å². The highest BCUT2D eigenvalue weighted by Crippen LogP contribution is 2.22. The Kier molecular flexibility index (Phi) is 9.18. The van der Waals surface area contributed by atoms with Crippen molar-refractivity contribution in [3.63, 3.8) is 0 Å². The molecule has 0 aliphatic heterocycles. The Hall–Kier alpha value is -2.05.